The number of rotatable bonds is 1. The van der Waals surface area contributed by atoms with E-state index in [9.17, 15) is 0 Å². The lowest BCUT2D eigenvalue weighted by atomic mass is 10.1. The van der Waals surface area contributed by atoms with E-state index in [1.165, 1.54) is 12.8 Å². The van der Waals surface area contributed by atoms with Gasteiger partial charge in [-0.25, -0.2) is 0 Å². The fourth-order valence-corrected chi connectivity index (χ4v) is 1.85. The summed E-state index contributed by atoms with van der Waals surface area (Å²) in [5, 5.41) is 1.25. The highest BCUT2D eigenvalue weighted by atomic mass is 35.5. The molecule has 1 aromatic carbocycles. The molecule has 0 saturated heterocycles. The van der Waals surface area contributed by atoms with Gasteiger partial charge < -0.3 is 5.73 Å². The molecule has 1 fully saturated rings. The molecule has 12 heavy (non-hydrogen) atoms. The minimum absolute atomic E-state index is 0.574. The number of nitrogens with two attached hydrogens (primary N) is 1. The van der Waals surface area contributed by atoms with Gasteiger partial charge in [-0.3, -0.25) is 0 Å². The Morgan fingerprint density at radius 2 is 1.92 bits per heavy atom. The Balaban J connectivity index is 2.51. The summed E-state index contributed by atoms with van der Waals surface area (Å²) in [6.45, 7) is 0. The van der Waals surface area contributed by atoms with Crippen LogP contribution in [-0.2, 0) is 0 Å². The number of benzene rings is 1. The molecule has 0 heterocycles. The smallest absolute Gasteiger partial charge is 0.0653 e. The lowest BCUT2D eigenvalue weighted by Gasteiger charge is -2.06. The molecule has 2 N–H and O–H groups in total. The quantitative estimate of drug-likeness (QED) is 0.693. The van der Waals surface area contributed by atoms with Crippen LogP contribution in [0.3, 0.4) is 0 Å². The predicted molar refractivity (Wildman–Crippen MR) is 52.8 cm³/mol. The van der Waals surface area contributed by atoms with Crippen molar-refractivity contribution in [1.29, 1.82) is 0 Å². The summed E-state index contributed by atoms with van der Waals surface area (Å²) in [4.78, 5) is 0. The predicted octanol–water partition coefficient (Wildman–Crippen LogP) is 3.45. The SMILES string of the molecule is Nc1c(Cl)cc(Cl)cc1C1CC1. The first-order valence-electron chi connectivity index (χ1n) is 3.93. The Morgan fingerprint density at radius 1 is 1.25 bits per heavy atom. The number of halogens is 2. The van der Waals surface area contributed by atoms with Crippen molar-refractivity contribution in [3.63, 3.8) is 0 Å². The van der Waals surface area contributed by atoms with E-state index in [0.717, 1.165) is 5.56 Å². The van der Waals surface area contributed by atoms with Gasteiger partial charge in [-0.2, -0.15) is 0 Å². The Morgan fingerprint density at radius 3 is 2.50 bits per heavy atom. The van der Waals surface area contributed by atoms with Gasteiger partial charge in [0.05, 0.1) is 10.7 Å². The van der Waals surface area contributed by atoms with Gasteiger partial charge in [0.1, 0.15) is 0 Å². The van der Waals surface area contributed by atoms with Crippen molar-refractivity contribution >= 4 is 28.9 Å². The van der Waals surface area contributed by atoms with Crippen LogP contribution in [0.4, 0.5) is 5.69 Å². The van der Waals surface area contributed by atoms with Crippen molar-refractivity contribution in [3.8, 4) is 0 Å². The Hall–Kier alpha value is -0.400. The highest BCUT2D eigenvalue weighted by molar-refractivity contribution is 6.36. The number of nitrogen functional groups attached to an aromatic ring is 1. The van der Waals surface area contributed by atoms with Crippen LogP contribution in [0.2, 0.25) is 10.0 Å². The van der Waals surface area contributed by atoms with Crippen LogP contribution in [0.5, 0.6) is 0 Å². The highest BCUT2D eigenvalue weighted by Gasteiger charge is 2.26. The van der Waals surface area contributed by atoms with Gasteiger partial charge in [0.25, 0.3) is 0 Å². The van der Waals surface area contributed by atoms with Crippen LogP contribution in [0, 0.1) is 0 Å². The molecular weight excluding hydrogens is 193 g/mol. The summed E-state index contributed by atoms with van der Waals surface area (Å²) in [6, 6.07) is 3.60. The molecule has 2 rings (SSSR count). The largest absolute Gasteiger partial charge is 0.397 e. The Kier molecular flexibility index (Phi) is 1.93. The molecule has 1 aromatic rings. The Labute approximate surface area is 81.5 Å². The maximum atomic E-state index is 5.88. The van der Waals surface area contributed by atoms with Crippen molar-refractivity contribution in [2.75, 3.05) is 5.73 Å². The third kappa shape index (κ3) is 1.39. The number of hydrogen-bond acceptors (Lipinski definition) is 1. The average molecular weight is 202 g/mol. The maximum absolute atomic E-state index is 5.88. The van der Waals surface area contributed by atoms with Crippen LogP contribution in [0.1, 0.15) is 24.3 Å². The second-order valence-corrected chi connectivity index (χ2v) is 4.01. The van der Waals surface area contributed by atoms with Crippen molar-refractivity contribution < 1.29 is 0 Å². The molecule has 64 valence electrons. The number of anilines is 1. The van der Waals surface area contributed by atoms with Crippen LogP contribution in [0.15, 0.2) is 12.1 Å². The van der Waals surface area contributed by atoms with E-state index >= 15 is 0 Å². The summed E-state index contributed by atoms with van der Waals surface area (Å²) in [7, 11) is 0. The lowest BCUT2D eigenvalue weighted by molar-refractivity contribution is 1.14. The van der Waals surface area contributed by atoms with Crippen molar-refractivity contribution in [1.82, 2.24) is 0 Å². The van der Waals surface area contributed by atoms with E-state index < -0.39 is 0 Å². The zero-order valence-electron chi connectivity index (χ0n) is 6.48. The van der Waals surface area contributed by atoms with Crippen molar-refractivity contribution in [2.45, 2.75) is 18.8 Å². The summed E-state index contributed by atoms with van der Waals surface area (Å²) in [5.41, 5.74) is 7.62. The fourth-order valence-electron chi connectivity index (χ4n) is 1.34. The molecule has 3 heteroatoms. The zero-order chi connectivity index (χ0) is 8.72. The van der Waals surface area contributed by atoms with E-state index in [1.54, 1.807) is 6.07 Å². The van der Waals surface area contributed by atoms with E-state index in [1.807, 2.05) is 6.07 Å². The molecule has 0 unspecified atom stereocenters. The van der Waals surface area contributed by atoms with Crippen LogP contribution in [-0.4, -0.2) is 0 Å². The molecule has 1 aliphatic rings. The fraction of sp³-hybridized carbons (Fsp3) is 0.333. The molecule has 0 atom stereocenters. The molecule has 1 nitrogen and oxygen atoms in total. The third-order valence-electron chi connectivity index (χ3n) is 2.14. The molecule has 0 radical (unpaired) electrons. The van der Waals surface area contributed by atoms with Crippen LogP contribution in [0.25, 0.3) is 0 Å². The van der Waals surface area contributed by atoms with Gasteiger partial charge in [-0.05, 0) is 36.5 Å². The first kappa shape index (κ1) is 8.21. The molecule has 0 amide bonds. The average Bonchev–Trinajstić information content (AvgIpc) is 2.79. The minimum Gasteiger partial charge on any atom is -0.397 e. The maximum Gasteiger partial charge on any atom is 0.0653 e. The molecule has 0 aliphatic heterocycles. The van der Waals surface area contributed by atoms with E-state index in [2.05, 4.69) is 0 Å². The molecule has 0 spiro atoms. The van der Waals surface area contributed by atoms with Crippen molar-refractivity contribution in [2.24, 2.45) is 0 Å². The summed E-state index contributed by atoms with van der Waals surface area (Å²) < 4.78 is 0. The van der Waals surface area contributed by atoms with Gasteiger partial charge in [0, 0.05) is 5.02 Å². The van der Waals surface area contributed by atoms with E-state index in [0.29, 0.717) is 21.7 Å². The minimum atomic E-state index is 0.574. The lowest BCUT2D eigenvalue weighted by Crippen LogP contribution is -1.93. The number of hydrogen-bond donors (Lipinski definition) is 1. The second-order valence-electron chi connectivity index (χ2n) is 3.16. The van der Waals surface area contributed by atoms with E-state index in [4.69, 9.17) is 28.9 Å². The van der Waals surface area contributed by atoms with Gasteiger partial charge in [0.15, 0.2) is 0 Å². The molecule has 0 bridgehead atoms. The molecule has 0 aromatic heterocycles. The molecular formula is C9H9Cl2N. The van der Waals surface area contributed by atoms with E-state index in [-0.39, 0.29) is 0 Å². The normalized spacial score (nSPS) is 16.5. The molecule has 1 aliphatic carbocycles. The van der Waals surface area contributed by atoms with Crippen LogP contribution >= 0.6 is 23.2 Å². The second kappa shape index (κ2) is 2.82. The highest BCUT2D eigenvalue weighted by Crippen LogP contribution is 2.45. The standard InChI is InChI=1S/C9H9Cl2N/c10-6-3-7(5-1-2-5)9(12)8(11)4-6/h3-5H,1-2,12H2. The zero-order valence-corrected chi connectivity index (χ0v) is 7.99. The Bertz CT molecular complexity index is 319. The first-order valence-corrected chi connectivity index (χ1v) is 4.68. The molecule has 1 saturated carbocycles. The summed E-state index contributed by atoms with van der Waals surface area (Å²) in [6.07, 6.45) is 2.42. The summed E-state index contributed by atoms with van der Waals surface area (Å²) >= 11 is 11.7. The van der Waals surface area contributed by atoms with Gasteiger partial charge in [-0.1, -0.05) is 23.2 Å². The monoisotopic (exact) mass is 201 g/mol. The van der Waals surface area contributed by atoms with Gasteiger partial charge in [0.2, 0.25) is 0 Å². The summed E-state index contributed by atoms with van der Waals surface area (Å²) in [5.74, 6) is 0.598. The first-order chi connectivity index (χ1) is 5.68. The third-order valence-corrected chi connectivity index (χ3v) is 2.67. The topological polar surface area (TPSA) is 26.0 Å². The van der Waals surface area contributed by atoms with Crippen molar-refractivity contribution in [3.05, 3.63) is 27.7 Å². The van der Waals surface area contributed by atoms with Gasteiger partial charge in [-0.15, -0.1) is 0 Å². The van der Waals surface area contributed by atoms with Gasteiger partial charge >= 0.3 is 0 Å². The van der Waals surface area contributed by atoms with Crippen LogP contribution < -0.4 is 5.73 Å².